The van der Waals surface area contributed by atoms with E-state index in [1.54, 1.807) is 18.2 Å². The van der Waals surface area contributed by atoms with Gasteiger partial charge in [-0.15, -0.1) is 0 Å². The third-order valence-corrected chi connectivity index (χ3v) is 2.85. The third kappa shape index (κ3) is 2.92. The van der Waals surface area contributed by atoms with Gasteiger partial charge in [0.1, 0.15) is 5.75 Å². The molecule has 0 aliphatic heterocycles. The highest BCUT2D eigenvalue weighted by Crippen LogP contribution is 2.29. The second-order valence-electron chi connectivity index (χ2n) is 3.94. The molecule has 2 nitrogen and oxygen atoms in total. The largest absolute Gasteiger partial charge is 0.508 e. The minimum atomic E-state index is -0.00361. The quantitative estimate of drug-likeness (QED) is 0.851. The van der Waals surface area contributed by atoms with Crippen LogP contribution in [0.4, 0.5) is 5.69 Å². The highest BCUT2D eigenvalue weighted by molar-refractivity contribution is 6.30. The lowest BCUT2D eigenvalue weighted by atomic mass is 10.1. The number of halogens is 1. The molecular weight excluding hydrogens is 234 g/mol. The molecule has 0 saturated heterocycles. The van der Waals surface area contributed by atoms with Gasteiger partial charge in [-0.05, 0) is 37.3 Å². The standard InChI is InChI=1S/C14H14ClNO/c1-10(16-12-5-3-2-4-6-12)13-9-11(15)7-8-14(13)17/h2-10,16-17H,1H3/t10-/m0/s1. The molecule has 88 valence electrons. The van der Waals surface area contributed by atoms with Gasteiger partial charge >= 0.3 is 0 Å². The van der Waals surface area contributed by atoms with E-state index in [-0.39, 0.29) is 11.8 Å². The third-order valence-electron chi connectivity index (χ3n) is 2.61. The van der Waals surface area contributed by atoms with Crippen molar-refractivity contribution in [2.45, 2.75) is 13.0 Å². The molecule has 0 aromatic heterocycles. The number of nitrogens with one attached hydrogen (secondary N) is 1. The lowest BCUT2D eigenvalue weighted by molar-refractivity contribution is 0.465. The molecular formula is C14H14ClNO. The molecule has 0 fully saturated rings. The first-order valence-corrected chi connectivity index (χ1v) is 5.84. The number of hydrogen-bond acceptors (Lipinski definition) is 2. The van der Waals surface area contributed by atoms with Crippen LogP contribution in [-0.4, -0.2) is 5.11 Å². The minimum Gasteiger partial charge on any atom is -0.508 e. The second-order valence-corrected chi connectivity index (χ2v) is 4.37. The van der Waals surface area contributed by atoms with Gasteiger partial charge in [-0.1, -0.05) is 29.8 Å². The lowest BCUT2D eigenvalue weighted by Gasteiger charge is -2.17. The van der Waals surface area contributed by atoms with Crippen molar-refractivity contribution in [2.75, 3.05) is 5.32 Å². The lowest BCUT2D eigenvalue weighted by Crippen LogP contribution is -2.06. The summed E-state index contributed by atoms with van der Waals surface area (Å²) in [5.41, 5.74) is 1.81. The van der Waals surface area contributed by atoms with Crippen molar-refractivity contribution in [2.24, 2.45) is 0 Å². The fourth-order valence-corrected chi connectivity index (χ4v) is 1.91. The molecule has 0 saturated carbocycles. The topological polar surface area (TPSA) is 32.3 Å². The van der Waals surface area contributed by atoms with Crippen LogP contribution >= 0.6 is 11.6 Å². The molecule has 2 aromatic carbocycles. The van der Waals surface area contributed by atoms with Gasteiger partial charge < -0.3 is 10.4 Å². The minimum absolute atomic E-state index is 0.00361. The summed E-state index contributed by atoms with van der Waals surface area (Å²) in [6, 6.07) is 14.9. The summed E-state index contributed by atoms with van der Waals surface area (Å²) >= 11 is 5.92. The van der Waals surface area contributed by atoms with E-state index in [0.717, 1.165) is 11.3 Å². The van der Waals surface area contributed by atoms with Crippen molar-refractivity contribution in [3.05, 3.63) is 59.1 Å². The number of anilines is 1. The van der Waals surface area contributed by atoms with Crippen LogP contribution in [0, 0.1) is 0 Å². The zero-order valence-corrected chi connectivity index (χ0v) is 10.3. The molecule has 3 heteroatoms. The number of phenolic OH excluding ortho intramolecular Hbond substituents is 1. The van der Waals surface area contributed by atoms with Crippen LogP contribution in [0.15, 0.2) is 48.5 Å². The van der Waals surface area contributed by atoms with Crippen molar-refractivity contribution in [3.8, 4) is 5.75 Å². The molecule has 0 radical (unpaired) electrons. The fraction of sp³-hybridized carbons (Fsp3) is 0.143. The number of para-hydroxylation sites is 1. The summed E-state index contributed by atoms with van der Waals surface area (Å²) in [6.45, 7) is 1.98. The Balaban J connectivity index is 2.20. The SMILES string of the molecule is C[C@H](Nc1ccccc1)c1cc(Cl)ccc1O. The Morgan fingerprint density at radius 1 is 1.12 bits per heavy atom. The summed E-state index contributed by atoms with van der Waals surface area (Å²) in [5.74, 6) is 0.255. The van der Waals surface area contributed by atoms with Crippen LogP contribution in [0.2, 0.25) is 5.02 Å². The average molecular weight is 248 g/mol. The van der Waals surface area contributed by atoms with Crippen LogP contribution in [0.5, 0.6) is 5.75 Å². The van der Waals surface area contributed by atoms with Crippen molar-refractivity contribution >= 4 is 17.3 Å². The van der Waals surface area contributed by atoms with E-state index >= 15 is 0 Å². The van der Waals surface area contributed by atoms with E-state index in [1.807, 2.05) is 37.3 Å². The zero-order chi connectivity index (χ0) is 12.3. The molecule has 1 atom stereocenters. The van der Waals surface area contributed by atoms with E-state index in [1.165, 1.54) is 0 Å². The first-order valence-electron chi connectivity index (χ1n) is 5.47. The molecule has 0 amide bonds. The molecule has 2 aromatic rings. The number of hydrogen-bond donors (Lipinski definition) is 2. The molecule has 2 N–H and O–H groups in total. The van der Waals surface area contributed by atoms with Crippen LogP contribution < -0.4 is 5.32 Å². The number of benzene rings is 2. The molecule has 0 spiro atoms. The van der Waals surface area contributed by atoms with Gasteiger partial charge in [0.05, 0.1) is 6.04 Å². The van der Waals surface area contributed by atoms with Gasteiger partial charge in [-0.3, -0.25) is 0 Å². The van der Waals surface area contributed by atoms with Crippen molar-refractivity contribution in [1.29, 1.82) is 0 Å². The zero-order valence-electron chi connectivity index (χ0n) is 9.52. The van der Waals surface area contributed by atoms with E-state index in [9.17, 15) is 5.11 Å². The van der Waals surface area contributed by atoms with Gasteiger partial charge in [0.15, 0.2) is 0 Å². The van der Waals surface area contributed by atoms with Crippen LogP contribution in [0.1, 0.15) is 18.5 Å². The molecule has 2 rings (SSSR count). The van der Waals surface area contributed by atoms with Crippen LogP contribution in [-0.2, 0) is 0 Å². The Hall–Kier alpha value is -1.67. The summed E-state index contributed by atoms with van der Waals surface area (Å²) in [4.78, 5) is 0. The summed E-state index contributed by atoms with van der Waals surface area (Å²) in [6.07, 6.45) is 0. The van der Waals surface area contributed by atoms with Gasteiger partial charge in [0.25, 0.3) is 0 Å². The molecule has 17 heavy (non-hydrogen) atoms. The maximum atomic E-state index is 9.78. The van der Waals surface area contributed by atoms with E-state index < -0.39 is 0 Å². The first-order chi connectivity index (χ1) is 8.16. The summed E-state index contributed by atoms with van der Waals surface area (Å²) in [7, 11) is 0. The highest BCUT2D eigenvalue weighted by atomic mass is 35.5. The highest BCUT2D eigenvalue weighted by Gasteiger charge is 2.10. The molecule has 0 aliphatic carbocycles. The predicted octanol–water partition coefficient (Wildman–Crippen LogP) is 4.22. The van der Waals surface area contributed by atoms with Gasteiger partial charge in [-0.25, -0.2) is 0 Å². The smallest absolute Gasteiger partial charge is 0.120 e. The van der Waals surface area contributed by atoms with Gasteiger partial charge in [0, 0.05) is 16.3 Å². The summed E-state index contributed by atoms with van der Waals surface area (Å²) < 4.78 is 0. The number of aromatic hydroxyl groups is 1. The normalized spacial score (nSPS) is 12.1. The Labute approximate surface area is 106 Å². The average Bonchev–Trinajstić information content (AvgIpc) is 2.33. The fourth-order valence-electron chi connectivity index (χ4n) is 1.73. The second kappa shape index (κ2) is 5.11. The predicted molar refractivity (Wildman–Crippen MR) is 71.6 cm³/mol. The van der Waals surface area contributed by atoms with E-state index in [4.69, 9.17) is 11.6 Å². The molecule has 0 bridgehead atoms. The maximum absolute atomic E-state index is 9.78. The Morgan fingerprint density at radius 3 is 2.53 bits per heavy atom. The summed E-state index contributed by atoms with van der Waals surface area (Å²) in [5, 5.41) is 13.7. The van der Waals surface area contributed by atoms with E-state index in [0.29, 0.717) is 5.02 Å². The molecule has 0 heterocycles. The molecule has 0 unspecified atom stereocenters. The Bertz CT molecular complexity index is 499. The van der Waals surface area contributed by atoms with Crippen LogP contribution in [0.3, 0.4) is 0 Å². The molecule has 0 aliphatic rings. The Morgan fingerprint density at radius 2 is 1.82 bits per heavy atom. The van der Waals surface area contributed by atoms with Crippen molar-refractivity contribution in [1.82, 2.24) is 0 Å². The van der Waals surface area contributed by atoms with Gasteiger partial charge in [-0.2, -0.15) is 0 Å². The van der Waals surface area contributed by atoms with Crippen molar-refractivity contribution in [3.63, 3.8) is 0 Å². The van der Waals surface area contributed by atoms with E-state index in [2.05, 4.69) is 5.32 Å². The number of phenols is 1. The maximum Gasteiger partial charge on any atom is 0.120 e. The van der Waals surface area contributed by atoms with Crippen LogP contribution in [0.25, 0.3) is 0 Å². The van der Waals surface area contributed by atoms with Gasteiger partial charge in [0.2, 0.25) is 0 Å². The Kier molecular flexibility index (Phi) is 3.55. The first kappa shape index (κ1) is 11.8. The number of rotatable bonds is 3. The van der Waals surface area contributed by atoms with Crippen molar-refractivity contribution < 1.29 is 5.11 Å². The monoisotopic (exact) mass is 247 g/mol.